The van der Waals surface area contributed by atoms with Gasteiger partial charge in [0.25, 0.3) is 0 Å². The van der Waals surface area contributed by atoms with E-state index in [4.69, 9.17) is 11.6 Å². The topological polar surface area (TPSA) is 21.1 Å². The zero-order valence-corrected chi connectivity index (χ0v) is 13.3. The molecule has 1 atom stereocenters. The molecule has 0 N–H and O–H groups in total. The first-order valence-electron chi connectivity index (χ1n) is 7.53. The van der Waals surface area contributed by atoms with Gasteiger partial charge in [0.2, 0.25) is 0 Å². The van der Waals surface area contributed by atoms with E-state index in [2.05, 4.69) is 28.3 Å². The predicted molar refractivity (Wildman–Crippen MR) is 84.1 cm³/mol. The maximum absolute atomic E-state index is 13.5. The molecule has 2 aromatic rings. The fraction of sp³-hybridized carbons (Fsp3) is 0.562. The average molecular weight is 310 g/mol. The Labute approximate surface area is 129 Å². The summed E-state index contributed by atoms with van der Waals surface area (Å²) in [6.45, 7) is 7.56. The minimum Gasteiger partial charge on any atom is -0.327 e. The molecular weight excluding hydrogens is 289 g/mol. The van der Waals surface area contributed by atoms with Crippen molar-refractivity contribution in [1.82, 2.24) is 14.5 Å². The molecule has 1 aromatic heterocycles. The van der Waals surface area contributed by atoms with Crippen molar-refractivity contribution in [2.75, 3.05) is 13.1 Å². The van der Waals surface area contributed by atoms with Gasteiger partial charge >= 0.3 is 0 Å². The van der Waals surface area contributed by atoms with Crippen LogP contribution in [-0.2, 0) is 12.4 Å². The molecule has 0 saturated carbocycles. The van der Waals surface area contributed by atoms with Crippen LogP contribution in [0, 0.1) is 11.7 Å². The van der Waals surface area contributed by atoms with E-state index in [1.54, 1.807) is 12.1 Å². The molecule has 1 aliphatic heterocycles. The van der Waals surface area contributed by atoms with Gasteiger partial charge in [-0.3, -0.25) is 0 Å². The first kappa shape index (κ1) is 14.8. The Balaban J connectivity index is 1.88. The lowest BCUT2D eigenvalue weighted by Crippen LogP contribution is -2.28. The zero-order chi connectivity index (χ0) is 15.0. The maximum atomic E-state index is 13.5. The van der Waals surface area contributed by atoms with Crippen LogP contribution in [0.5, 0.6) is 0 Å². The van der Waals surface area contributed by atoms with Crippen molar-refractivity contribution in [3.63, 3.8) is 0 Å². The molecule has 114 valence electrons. The number of alkyl halides is 1. The van der Waals surface area contributed by atoms with E-state index in [9.17, 15) is 4.39 Å². The van der Waals surface area contributed by atoms with Crippen LogP contribution in [0.1, 0.15) is 26.1 Å². The third-order valence-corrected chi connectivity index (χ3v) is 4.64. The molecule has 3 rings (SSSR count). The highest BCUT2D eigenvalue weighted by molar-refractivity contribution is 6.16. The predicted octanol–water partition coefficient (Wildman–Crippen LogP) is 3.64. The fourth-order valence-electron chi connectivity index (χ4n) is 3.19. The highest BCUT2D eigenvalue weighted by atomic mass is 35.5. The van der Waals surface area contributed by atoms with Gasteiger partial charge in [0.05, 0.1) is 16.9 Å². The van der Waals surface area contributed by atoms with Gasteiger partial charge in [-0.25, -0.2) is 9.37 Å². The SMILES string of the molecule is CC(C)N1CCC(Cn2c(CCl)nc3ccc(F)cc32)C1. The normalized spacial score (nSPS) is 20.0. The van der Waals surface area contributed by atoms with Gasteiger partial charge < -0.3 is 9.47 Å². The molecule has 3 nitrogen and oxygen atoms in total. The van der Waals surface area contributed by atoms with E-state index >= 15 is 0 Å². The van der Waals surface area contributed by atoms with Gasteiger partial charge in [-0.1, -0.05) is 0 Å². The second kappa shape index (κ2) is 5.93. The quantitative estimate of drug-likeness (QED) is 0.804. The van der Waals surface area contributed by atoms with E-state index in [1.807, 2.05) is 0 Å². The van der Waals surface area contributed by atoms with E-state index in [1.165, 1.54) is 12.5 Å². The van der Waals surface area contributed by atoms with E-state index in [0.29, 0.717) is 17.8 Å². The van der Waals surface area contributed by atoms with Crippen LogP contribution in [0.3, 0.4) is 0 Å². The molecule has 0 radical (unpaired) electrons. The molecule has 21 heavy (non-hydrogen) atoms. The van der Waals surface area contributed by atoms with Crippen LogP contribution in [0.4, 0.5) is 4.39 Å². The molecular formula is C16H21ClFN3. The second-order valence-electron chi connectivity index (χ2n) is 6.15. The number of hydrogen-bond acceptors (Lipinski definition) is 2. The summed E-state index contributed by atoms with van der Waals surface area (Å²) in [7, 11) is 0. The summed E-state index contributed by atoms with van der Waals surface area (Å²) in [6, 6.07) is 5.33. The van der Waals surface area contributed by atoms with Crippen LogP contribution in [0.25, 0.3) is 11.0 Å². The zero-order valence-electron chi connectivity index (χ0n) is 12.5. The minimum atomic E-state index is -0.222. The molecule has 2 heterocycles. The Kier molecular flexibility index (Phi) is 4.18. The molecule has 1 unspecified atom stereocenters. The van der Waals surface area contributed by atoms with Crippen molar-refractivity contribution >= 4 is 22.6 Å². The molecule has 5 heteroatoms. The Morgan fingerprint density at radius 3 is 2.90 bits per heavy atom. The van der Waals surface area contributed by atoms with Crippen molar-refractivity contribution in [3.05, 3.63) is 29.8 Å². The van der Waals surface area contributed by atoms with Crippen LogP contribution >= 0.6 is 11.6 Å². The smallest absolute Gasteiger partial charge is 0.125 e. The minimum absolute atomic E-state index is 0.222. The van der Waals surface area contributed by atoms with Gasteiger partial charge in [-0.15, -0.1) is 11.6 Å². The van der Waals surface area contributed by atoms with E-state index in [0.717, 1.165) is 36.5 Å². The number of benzene rings is 1. The van der Waals surface area contributed by atoms with Crippen molar-refractivity contribution in [2.24, 2.45) is 5.92 Å². The number of halogens is 2. The summed E-state index contributed by atoms with van der Waals surface area (Å²) in [4.78, 5) is 7.01. The van der Waals surface area contributed by atoms with Crippen molar-refractivity contribution in [1.29, 1.82) is 0 Å². The monoisotopic (exact) mass is 309 g/mol. The van der Waals surface area contributed by atoms with E-state index in [-0.39, 0.29) is 5.82 Å². The summed E-state index contributed by atoms with van der Waals surface area (Å²) < 4.78 is 15.6. The molecule has 0 bridgehead atoms. The van der Waals surface area contributed by atoms with Gasteiger partial charge in [-0.2, -0.15) is 0 Å². The number of imidazole rings is 1. The molecule has 0 amide bonds. The number of aromatic nitrogens is 2. The van der Waals surface area contributed by atoms with Crippen LogP contribution in [0.2, 0.25) is 0 Å². The number of hydrogen-bond donors (Lipinski definition) is 0. The molecule has 0 spiro atoms. The number of rotatable bonds is 4. The molecule has 1 aliphatic rings. The maximum Gasteiger partial charge on any atom is 0.125 e. The highest BCUT2D eigenvalue weighted by Gasteiger charge is 2.25. The third kappa shape index (κ3) is 2.92. The molecule has 0 aliphatic carbocycles. The summed E-state index contributed by atoms with van der Waals surface area (Å²) in [6.07, 6.45) is 1.18. The largest absolute Gasteiger partial charge is 0.327 e. The second-order valence-corrected chi connectivity index (χ2v) is 6.42. The van der Waals surface area contributed by atoms with Gasteiger partial charge in [0, 0.05) is 19.1 Å². The number of likely N-dealkylation sites (tertiary alicyclic amines) is 1. The Morgan fingerprint density at radius 1 is 1.43 bits per heavy atom. The average Bonchev–Trinajstić information content (AvgIpc) is 3.05. The molecule has 1 fully saturated rings. The summed E-state index contributed by atoms with van der Waals surface area (Å²) in [5.74, 6) is 1.55. The van der Waals surface area contributed by atoms with Crippen molar-refractivity contribution in [3.8, 4) is 0 Å². The summed E-state index contributed by atoms with van der Waals surface area (Å²) in [5.41, 5.74) is 1.68. The molecule has 1 saturated heterocycles. The fourth-order valence-corrected chi connectivity index (χ4v) is 3.39. The van der Waals surface area contributed by atoms with E-state index < -0.39 is 0 Å². The molecule has 1 aromatic carbocycles. The Morgan fingerprint density at radius 2 is 2.24 bits per heavy atom. The number of fused-ring (bicyclic) bond motifs is 1. The third-order valence-electron chi connectivity index (χ3n) is 4.40. The van der Waals surface area contributed by atoms with Crippen molar-refractivity contribution < 1.29 is 4.39 Å². The highest BCUT2D eigenvalue weighted by Crippen LogP contribution is 2.25. The van der Waals surface area contributed by atoms with Crippen LogP contribution in [-0.4, -0.2) is 33.6 Å². The summed E-state index contributed by atoms with van der Waals surface area (Å²) in [5, 5.41) is 0. The first-order valence-corrected chi connectivity index (χ1v) is 8.06. The Hall–Kier alpha value is -1.13. The summed E-state index contributed by atoms with van der Waals surface area (Å²) >= 11 is 6.02. The lowest BCUT2D eigenvalue weighted by Gasteiger charge is -2.20. The van der Waals surface area contributed by atoms with Crippen LogP contribution in [0.15, 0.2) is 18.2 Å². The standard InChI is InChI=1S/C16H21ClFN3/c1-11(2)20-6-5-12(9-20)10-21-15-7-13(18)3-4-14(15)19-16(21)8-17/h3-4,7,11-12H,5-6,8-10H2,1-2H3. The van der Waals surface area contributed by atoms with Crippen LogP contribution < -0.4 is 0 Å². The van der Waals surface area contributed by atoms with Gasteiger partial charge in [-0.05, 0) is 50.9 Å². The lowest BCUT2D eigenvalue weighted by atomic mass is 10.1. The first-order chi connectivity index (χ1) is 10.1. The number of nitrogens with zero attached hydrogens (tertiary/aromatic N) is 3. The van der Waals surface area contributed by atoms with Crippen molar-refractivity contribution in [2.45, 2.75) is 38.7 Å². The van der Waals surface area contributed by atoms with Gasteiger partial charge in [0.1, 0.15) is 11.6 Å². The van der Waals surface area contributed by atoms with Gasteiger partial charge in [0.15, 0.2) is 0 Å². The lowest BCUT2D eigenvalue weighted by molar-refractivity contribution is 0.261. The Bertz CT molecular complexity index is 638.